The normalized spacial score (nSPS) is 21.5. The van der Waals surface area contributed by atoms with Crippen molar-refractivity contribution in [2.75, 3.05) is 29.9 Å². The molecule has 0 aliphatic carbocycles. The zero-order chi connectivity index (χ0) is 21.2. The van der Waals surface area contributed by atoms with E-state index in [9.17, 15) is 9.50 Å². The van der Waals surface area contributed by atoms with Crippen LogP contribution in [-0.2, 0) is 13.0 Å². The third kappa shape index (κ3) is 4.38. The van der Waals surface area contributed by atoms with Crippen LogP contribution in [0, 0.1) is 5.82 Å². The topological polar surface area (TPSA) is 64.5 Å². The zero-order valence-electron chi connectivity index (χ0n) is 17.3. The lowest BCUT2D eigenvalue weighted by Crippen LogP contribution is -2.55. The van der Waals surface area contributed by atoms with E-state index in [1.807, 2.05) is 6.07 Å². The maximum absolute atomic E-state index is 13.1. The van der Waals surface area contributed by atoms with E-state index >= 15 is 0 Å². The van der Waals surface area contributed by atoms with Gasteiger partial charge in [-0.05, 0) is 48.2 Å². The molecule has 3 heterocycles. The van der Waals surface area contributed by atoms with E-state index in [1.54, 1.807) is 12.1 Å². The Bertz CT molecular complexity index is 1040. The minimum absolute atomic E-state index is 0.156. The molecule has 2 aliphatic rings. The molecule has 31 heavy (non-hydrogen) atoms. The van der Waals surface area contributed by atoms with Gasteiger partial charge in [-0.3, -0.25) is 4.90 Å². The number of hydrogen-bond acceptors (Lipinski definition) is 6. The number of halogens is 1. The lowest BCUT2D eigenvalue weighted by atomic mass is 9.94. The summed E-state index contributed by atoms with van der Waals surface area (Å²) in [5.74, 6) is 1.14. The van der Waals surface area contributed by atoms with Crippen molar-refractivity contribution in [1.29, 1.82) is 0 Å². The van der Waals surface area contributed by atoms with E-state index in [-0.39, 0.29) is 11.9 Å². The number of piperidine rings is 1. The van der Waals surface area contributed by atoms with E-state index in [4.69, 9.17) is 0 Å². The van der Waals surface area contributed by atoms with Crippen molar-refractivity contribution in [1.82, 2.24) is 14.9 Å². The van der Waals surface area contributed by atoms with Gasteiger partial charge < -0.3 is 15.3 Å². The van der Waals surface area contributed by atoms with Crippen molar-refractivity contribution >= 4 is 17.3 Å². The fourth-order valence-corrected chi connectivity index (χ4v) is 4.62. The van der Waals surface area contributed by atoms with E-state index in [2.05, 4.69) is 49.4 Å². The Kier molecular flexibility index (Phi) is 5.53. The number of hydrogen-bond donors (Lipinski definition) is 2. The van der Waals surface area contributed by atoms with Gasteiger partial charge in [0.05, 0.1) is 6.10 Å². The SMILES string of the molecule is O[C@H]1CN(c2cc(Nc3ccc(F)cc3)ncn2)CC[C@@H]1N1CCc2ccccc2C1. The summed E-state index contributed by atoms with van der Waals surface area (Å²) in [7, 11) is 0. The first-order chi connectivity index (χ1) is 15.2. The second kappa shape index (κ2) is 8.61. The van der Waals surface area contributed by atoms with Crippen LogP contribution in [0.25, 0.3) is 0 Å². The number of nitrogens with one attached hydrogen (secondary N) is 1. The van der Waals surface area contributed by atoms with Crippen LogP contribution in [0.3, 0.4) is 0 Å². The zero-order valence-corrected chi connectivity index (χ0v) is 17.3. The number of β-amino-alcohol motifs (C(OH)–C–C–N with tert-alkyl or cyclic N) is 1. The molecule has 1 aromatic heterocycles. The standard InChI is InChI=1S/C24H26FN5O/c25-19-5-7-20(8-6-19)28-23-13-24(27-16-26-23)30-12-10-21(22(31)15-30)29-11-9-17-3-1-2-4-18(17)14-29/h1-8,13,16,21-22,31H,9-12,14-15H2,(H,26,27,28)/t21-,22-/m0/s1. The molecule has 6 nitrogen and oxygen atoms in total. The molecule has 2 aromatic carbocycles. The van der Waals surface area contributed by atoms with Gasteiger partial charge >= 0.3 is 0 Å². The molecule has 1 saturated heterocycles. The highest BCUT2D eigenvalue weighted by atomic mass is 19.1. The molecule has 0 unspecified atom stereocenters. The highest BCUT2D eigenvalue weighted by Gasteiger charge is 2.34. The maximum Gasteiger partial charge on any atom is 0.135 e. The molecule has 2 atom stereocenters. The Hall–Kier alpha value is -3.03. The third-order valence-corrected chi connectivity index (χ3v) is 6.27. The molecule has 160 valence electrons. The fourth-order valence-electron chi connectivity index (χ4n) is 4.62. The van der Waals surface area contributed by atoms with Gasteiger partial charge in [0.1, 0.15) is 23.8 Å². The fraction of sp³-hybridized carbons (Fsp3) is 0.333. The van der Waals surface area contributed by atoms with Crippen LogP contribution in [-0.4, -0.2) is 51.8 Å². The number of aliphatic hydroxyl groups excluding tert-OH is 1. The minimum Gasteiger partial charge on any atom is -0.390 e. The average Bonchev–Trinajstić information content (AvgIpc) is 2.80. The van der Waals surface area contributed by atoms with Gasteiger partial charge in [-0.25, -0.2) is 14.4 Å². The van der Waals surface area contributed by atoms with Gasteiger partial charge in [-0.2, -0.15) is 0 Å². The van der Waals surface area contributed by atoms with Crippen LogP contribution in [0.2, 0.25) is 0 Å². The van der Waals surface area contributed by atoms with Crippen LogP contribution in [0.1, 0.15) is 17.5 Å². The second-order valence-electron chi connectivity index (χ2n) is 8.25. The molecule has 0 saturated carbocycles. The molecule has 1 fully saturated rings. The molecule has 3 aromatic rings. The molecule has 0 spiro atoms. The predicted octanol–water partition coefficient (Wildman–Crippen LogP) is 3.36. The lowest BCUT2D eigenvalue weighted by Gasteiger charge is -2.43. The molecular formula is C24H26FN5O. The van der Waals surface area contributed by atoms with Crippen molar-refractivity contribution < 1.29 is 9.50 Å². The molecule has 0 bridgehead atoms. The van der Waals surface area contributed by atoms with E-state index in [0.717, 1.165) is 44.0 Å². The van der Waals surface area contributed by atoms with Gasteiger partial charge in [0.15, 0.2) is 0 Å². The van der Waals surface area contributed by atoms with E-state index in [0.29, 0.717) is 12.4 Å². The smallest absolute Gasteiger partial charge is 0.135 e. The first-order valence-electron chi connectivity index (χ1n) is 10.7. The Balaban J connectivity index is 1.24. The summed E-state index contributed by atoms with van der Waals surface area (Å²) in [6, 6.07) is 16.8. The summed E-state index contributed by atoms with van der Waals surface area (Å²) in [6.45, 7) is 3.25. The Morgan fingerprint density at radius 2 is 1.81 bits per heavy atom. The van der Waals surface area contributed by atoms with Crippen molar-refractivity contribution in [3.05, 3.63) is 77.9 Å². The summed E-state index contributed by atoms with van der Waals surface area (Å²) in [5.41, 5.74) is 3.55. The number of aliphatic hydroxyl groups is 1. The number of anilines is 3. The van der Waals surface area contributed by atoms with Crippen molar-refractivity contribution in [2.24, 2.45) is 0 Å². The first kappa shape index (κ1) is 19.9. The Morgan fingerprint density at radius 1 is 1.00 bits per heavy atom. The van der Waals surface area contributed by atoms with E-state index in [1.165, 1.54) is 29.6 Å². The van der Waals surface area contributed by atoms with E-state index < -0.39 is 6.10 Å². The number of benzene rings is 2. The van der Waals surface area contributed by atoms with Gasteiger partial charge in [0, 0.05) is 44.0 Å². The Morgan fingerprint density at radius 3 is 2.61 bits per heavy atom. The summed E-state index contributed by atoms with van der Waals surface area (Å²) in [5, 5.41) is 14.1. The van der Waals surface area contributed by atoms with Gasteiger partial charge in [-0.15, -0.1) is 0 Å². The summed E-state index contributed by atoms with van der Waals surface area (Å²) in [4.78, 5) is 13.2. The molecule has 2 aliphatic heterocycles. The van der Waals surface area contributed by atoms with Gasteiger partial charge in [0.2, 0.25) is 0 Å². The monoisotopic (exact) mass is 419 g/mol. The van der Waals surface area contributed by atoms with Crippen LogP contribution in [0.15, 0.2) is 60.9 Å². The number of nitrogens with zero attached hydrogens (tertiary/aromatic N) is 4. The number of aromatic nitrogens is 2. The molecule has 7 heteroatoms. The number of rotatable bonds is 4. The number of fused-ring (bicyclic) bond motifs is 1. The molecule has 0 amide bonds. The van der Waals surface area contributed by atoms with Crippen LogP contribution >= 0.6 is 0 Å². The second-order valence-corrected chi connectivity index (χ2v) is 8.25. The van der Waals surface area contributed by atoms with Gasteiger partial charge in [-0.1, -0.05) is 24.3 Å². The largest absolute Gasteiger partial charge is 0.390 e. The summed E-state index contributed by atoms with van der Waals surface area (Å²) >= 11 is 0. The highest BCUT2D eigenvalue weighted by Crippen LogP contribution is 2.27. The summed E-state index contributed by atoms with van der Waals surface area (Å²) < 4.78 is 13.1. The molecule has 2 N–H and O–H groups in total. The van der Waals surface area contributed by atoms with Gasteiger partial charge in [0.25, 0.3) is 0 Å². The third-order valence-electron chi connectivity index (χ3n) is 6.27. The van der Waals surface area contributed by atoms with Crippen LogP contribution in [0.4, 0.5) is 21.7 Å². The molecular weight excluding hydrogens is 393 g/mol. The first-order valence-corrected chi connectivity index (χ1v) is 10.7. The molecule has 5 rings (SSSR count). The summed E-state index contributed by atoms with van der Waals surface area (Å²) in [6.07, 6.45) is 2.99. The Labute approximate surface area is 181 Å². The predicted molar refractivity (Wildman–Crippen MR) is 119 cm³/mol. The van der Waals surface area contributed by atoms with Crippen molar-refractivity contribution in [3.8, 4) is 0 Å². The lowest BCUT2D eigenvalue weighted by molar-refractivity contribution is 0.0293. The maximum atomic E-state index is 13.1. The average molecular weight is 420 g/mol. The van der Waals surface area contributed by atoms with Crippen molar-refractivity contribution in [3.63, 3.8) is 0 Å². The minimum atomic E-state index is -0.442. The van der Waals surface area contributed by atoms with Crippen LogP contribution < -0.4 is 10.2 Å². The molecule has 0 radical (unpaired) electrons. The quantitative estimate of drug-likeness (QED) is 0.676. The van der Waals surface area contributed by atoms with Crippen molar-refractivity contribution in [2.45, 2.75) is 31.5 Å². The highest BCUT2D eigenvalue weighted by molar-refractivity contribution is 5.59. The van der Waals surface area contributed by atoms with Crippen LogP contribution in [0.5, 0.6) is 0 Å².